The summed E-state index contributed by atoms with van der Waals surface area (Å²) in [6.07, 6.45) is 1.34. The Morgan fingerprint density at radius 1 is 1.56 bits per heavy atom. The second-order valence-electron chi connectivity index (χ2n) is 4.37. The van der Waals surface area contributed by atoms with Crippen LogP contribution in [0.15, 0.2) is 18.3 Å². The van der Waals surface area contributed by atoms with Crippen LogP contribution in [0.25, 0.3) is 0 Å². The lowest BCUT2D eigenvalue weighted by Gasteiger charge is -2.20. The molecular weight excluding hydrogens is 232 g/mol. The average Bonchev–Trinajstić information content (AvgIpc) is 2.32. The molecule has 0 aromatic carbocycles. The summed E-state index contributed by atoms with van der Waals surface area (Å²) in [7, 11) is 3.19. The van der Waals surface area contributed by atoms with Crippen molar-refractivity contribution >= 4 is 5.91 Å². The third-order valence-corrected chi connectivity index (χ3v) is 2.60. The number of likely N-dealkylation sites (N-methyl/N-ethyl adjacent to an activating group) is 1. The number of aryl methyl sites for hydroxylation is 1. The summed E-state index contributed by atoms with van der Waals surface area (Å²) in [5.74, 6) is -0.0455. The lowest BCUT2D eigenvalue weighted by Crippen LogP contribution is -2.37. The van der Waals surface area contributed by atoms with Crippen LogP contribution in [0.4, 0.5) is 0 Å². The van der Waals surface area contributed by atoms with E-state index in [2.05, 4.69) is 4.98 Å². The lowest BCUT2D eigenvalue weighted by molar-refractivity contribution is -0.130. The summed E-state index contributed by atoms with van der Waals surface area (Å²) >= 11 is 0. The molecule has 1 atom stereocenters. The van der Waals surface area contributed by atoms with E-state index in [-0.39, 0.29) is 19.1 Å². The maximum atomic E-state index is 11.9. The predicted molar refractivity (Wildman–Crippen MR) is 68.2 cm³/mol. The Morgan fingerprint density at radius 2 is 2.28 bits per heavy atom. The fraction of sp³-hybridized carbons (Fsp3) is 0.538. The largest absolute Gasteiger partial charge is 0.389 e. The Kier molecular flexibility index (Phi) is 5.74. The molecule has 1 unspecified atom stereocenters. The zero-order valence-electron chi connectivity index (χ0n) is 11.1. The van der Waals surface area contributed by atoms with Crippen molar-refractivity contribution in [2.45, 2.75) is 19.4 Å². The van der Waals surface area contributed by atoms with Crippen molar-refractivity contribution in [3.8, 4) is 0 Å². The summed E-state index contributed by atoms with van der Waals surface area (Å²) in [6, 6.07) is 3.77. The summed E-state index contributed by atoms with van der Waals surface area (Å²) < 4.78 is 4.82. The number of hydrogen-bond acceptors (Lipinski definition) is 4. The number of rotatable bonds is 6. The number of carbonyl (C=O) groups excluding carboxylic acids is 1. The van der Waals surface area contributed by atoms with E-state index in [1.165, 1.54) is 12.0 Å². The van der Waals surface area contributed by atoms with Crippen LogP contribution in [0.5, 0.6) is 0 Å². The van der Waals surface area contributed by atoms with Gasteiger partial charge in [0.15, 0.2) is 0 Å². The average molecular weight is 252 g/mol. The van der Waals surface area contributed by atoms with Crippen LogP contribution < -0.4 is 0 Å². The van der Waals surface area contributed by atoms with Gasteiger partial charge in [-0.3, -0.25) is 9.78 Å². The number of methoxy groups -OCH3 is 1. The van der Waals surface area contributed by atoms with Crippen molar-refractivity contribution in [1.82, 2.24) is 9.88 Å². The summed E-state index contributed by atoms with van der Waals surface area (Å²) in [4.78, 5) is 17.5. The van der Waals surface area contributed by atoms with E-state index >= 15 is 0 Å². The van der Waals surface area contributed by atoms with E-state index in [1.54, 1.807) is 13.2 Å². The van der Waals surface area contributed by atoms with Gasteiger partial charge in [-0.25, -0.2) is 0 Å². The van der Waals surface area contributed by atoms with Crippen molar-refractivity contribution in [3.63, 3.8) is 0 Å². The molecule has 1 heterocycles. The molecule has 0 fully saturated rings. The molecule has 0 aliphatic rings. The van der Waals surface area contributed by atoms with E-state index < -0.39 is 6.10 Å². The van der Waals surface area contributed by atoms with Gasteiger partial charge in [0.05, 0.1) is 19.1 Å². The molecule has 1 N–H and O–H groups in total. The van der Waals surface area contributed by atoms with Crippen LogP contribution in [-0.2, 0) is 16.0 Å². The Balaban J connectivity index is 2.46. The standard InChI is InChI=1S/C13H20N2O3/c1-10-4-5-11(7-14-10)6-13(17)15(2)8-12(16)9-18-3/h4-5,7,12,16H,6,8-9H2,1-3H3. The highest BCUT2D eigenvalue weighted by Crippen LogP contribution is 2.03. The first-order valence-electron chi connectivity index (χ1n) is 5.85. The Bertz CT molecular complexity index is 378. The first-order chi connectivity index (χ1) is 8.52. The second kappa shape index (κ2) is 7.08. The molecule has 0 saturated heterocycles. The maximum absolute atomic E-state index is 11.9. The Hall–Kier alpha value is -1.46. The topological polar surface area (TPSA) is 62.7 Å². The third kappa shape index (κ3) is 4.81. The van der Waals surface area contributed by atoms with Gasteiger partial charge in [0.25, 0.3) is 0 Å². The molecule has 0 spiro atoms. The van der Waals surface area contributed by atoms with Gasteiger partial charge in [-0.2, -0.15) is 0 Å². The van der Waals surface area contributed by atoms with Crippen molar-refractivity contribution in [2.75, 3.05) is 27.3 Å². The van der Waals surface area contributed by atoms with Gasteiger partial charge in [-0.15, -0.1) is 0 Å². The number of aliphatic hydroxyl groups is 1. The summed E-state index contributed by atoms with van der Waals surface area (Å²) in [5, 5.41) is 9.54. The van der Waals surface area contributed by atoms with Gasteiger partial charge in [0.1, 0.15) is 0 Å². The number of amides is 1. The first kappa shape index (κ1) is 14.6. The number of hydrogen-bond donors (Lipinski definition) is 1. The first-order valence-corrected chi connectivity index (χ1v) is 5.85. The third-order valence-electron chi connectivity index (χ3n) is 2.60. The molecule has 5 nitrogen and oxygen atoms in total. The highest BCUT2D eigenvalue weighted by Gasteiger charge is 2.14. The normalized spacial score (nSPS) is 12.2. The number of aliphatic hydroxyl groups excluding tert-OH is 1. The maximum Gasteiger partial charge on any atom is 0.226 e. The monoisotopic (exact) mass is 252 g/mol. The van der Waals surface area contributed by atoms with Crippen molar-refractivity contribution in [1.29, 1.82) is 0 Å². The fourth-order valence-corrected chi connectivity index (χ4v) is 1.58. The quantitative estimate of drug-likeness (QED) is 0.796. The van der Waals surface area contributed by atoms with Crippen LogP contribution in [0.1, 0.15) is 11.3 Å². The molecule has 1 aromatic heterocycles. The zero-order valence-corrected chi connectivity index (χ0v) is 11.1. The van der Waals surface area contributed by atoms with Gasteiger partial charge >= 0.3 is 0 Å². The Labute approximate surface area is 107 Å². The molecule has 100 valence electrons. The molecule has 1 amide bonds. The molecule has 1 aromatic rings. The van der Waals surface area contributed by atoms with Crippen LogP contribution in [0.2, 0.25) is 0 Å². The number of carbonyl (C=O) groups is 1. The van der Waals surface area contributed by atoms with Crippen LogP contribution in [0, 0.1) is 6.92 Å². The smallest absolute Gasteiger partial charge is 0.226 e. The van der Waals surface area contributed by atoms with Gasteiger partial charge in [0.2, 0.25) is 5.91 Å². The molecule has 0 aliphatic carbocycles. The highest BCUT2D eigenvalue weighted by molar-refractivity contribution is 5.78. The van der Waals surface area contributed by atoms with E-state index in [1.807, 2.05) is 19.1 Å². The van der Waals surface area contributed by atoms with Gasteiger partial charge < -0.3 is 14.7 Å². The van der Waals surface area contributed by atoms with Gasteiger partial charge in [-0.05, 0) is 18.6 Å². The zero-order chi connectivity index (χ0) is 13.5. The molecule has 5 heteroatoms. The lowest BCUT2D eigenvalue weighted by atomic mass is 10.2. The molecule has 1 rings (SSSR count). The van der Waals surface area contributed by atoms with E-state index in [0.29, 0.717) is 6.42 Å². The van der Waals surface area contributed by atoms with Crippen LogP contribution in [-0.4, -0.2) is 54.3 Å². The number of ether oxygens (including phenoxy) is 1. The van der Waals surface area contributed by atoms with E-state index in [0.717, 1.165) is 11.3 Å². The molecule has 0 radical (unpaired) electrons. The minimum Gasteiger partial charge on any atom is -0.389 e. The molecule has 0 aliphatic heterocycles. The molecule has 0 bridgehead atoms. The SMILES string of the molecule is COCC(O)CN(C)C(=O)Cc1ccc(C)nc1. The van der Waals surface area contributed by atoms with Crippen molar-refractivity contribution in [2.24, 2.45) is 0 Å². The summed E-state index contributed by atoms with van der Waals surface area (Å²) in [5.41, 5.74) is 1.80. The highest BCUT2D eigenvalue weighted by atomic mass is 16.5. The molecule has 18 heavy (non-hydrogen) atoms. The Morgan fingerprint density at radius 3 is 2.83 bits per heavy atom. The van der Waals surface area contributed by atoms with Crippen molar-refractivity contribution in [3.05, 3.63) is 29.6 Å². The van der Waals surface area contributed by atoms with E-state index in [4.69, 9.17) is 4.74 Å². The van der Waals surface area contributed by atoms with Gasteiger partial charge in [-0.1, -0.05) is 6.07 Å². The minimum atomic E-state index is -0.653. The molecule has 0 saturated carbocycles. The van der Waals surface area contributed by atoms with Crippen LogP contribution in [0.3, 0.4) is 0 Å². The number of nitrogens with zero attached hydrogens (tertiary/aromatic N) is 2. The minimum absolute atomic E-state index is 0.0455. The fourth-order valence-electron chi connectivity index (χ4n) is 1.58. The number of aromatic nitrogens is 1. The second-order valence-corrected chi connectivity index (χ2v) is 4.37. The van der Waals surface area contributed by atoms with Crippen molar-refractivity contribution < 1.29 is 14.6 Å². The van der Waals surface area contributed by atoms with Crippen LogP contribution >= 0.6 is 0 Å². The van der Waals surface area contributed by atoms with Gasteiger partial charge in [0, 0.05) is 32.6 Å². The summed E-state index contributed by atoms with van der Waals surface area (Å²) in [6.45, 7) is 2.40. The number of pyridine rings is 1. The van der Waals surface area contributed by atoms with E-state index in [9.17, 15) is 9.90 Å². The molecular formula is C13H20N2O3. The predicted octanol–water partition coefficient (Wildman–Crippen LogP) is 0.398.